The van der Waals surface area contributed by atoms with E-state index in [1.54, 1.807) is 22.9 Å². The molecule has 5 nitrogen and oxygen atoms in total. The average Bonchev–Trinajstić information content (AvgIpc) is 2.76. The number of ether oxygens (including phenoxy) is 1. The monoisotopic (exact) mass is 246 g/mol. The van der Waals surface area contributed by atoms with E-state index < -0.39 is 12.1 Å². The molecule has 0 aliphatic rings. The molecule has 0 fully saturated rings. The molecule has 1 aromatic heterocycles. The van der Waals surface area contributed by atoms with Crippen LogP contribution in [0.15, 0.2) is 36.5 Å². The second-order valence-corrected chi connectivity index (χ2v) is 4.00. The molecular formula is C13H14N2O3. The highest BCUT2D eigenvalue weighted by Crippen LogP contribution is 2.17. The molecule has 0 radical (unpaired) electrons. The van der Waals surface area contributed by atoms with Crippen LogP contribution in [0.5, 0.6) is 5.75 Å². The summed E-state index contributed by atoms with van der Waals surface area (Å²) in [6.07, 6.45) is 0.967. The van der Waals surface area contributed by atoms with Crippen molar-refractivity contribution in [3.63, 3.8) is 0 Å². The summed E-state index contributed by atoms with van der Waals surface area (Å²) >= 11 is 0. The van der Waals surface area contributed by atoms with Gasteiger partial charge in [0.1, 0.15) is 5.75 Å². The van der Waals surface area contributed by atoms with Crippen LogP contribution in [-0.4, -0.2) is 27.0 Å². The van der Waals surface area contributed by atoms with Crippen LogP contribution in [-0.2, 0) is 4.79 Å². The summed E-state index contributed by atoms with van der Waals surface area (Å²) in [7, 11) is 0. The Morgan fingerprint density at radius 2 is 2.22 bits per heavy atom. The van der Waals surface area contributed by atoms with Crippen molar-refractivity contribution < 1.29 is 14.6 Å². The van der Waals surface area contributed by atoms with Crippen molar-refractivity contribution in [2.24, 2.45) is 0 Å². The van der Waals surface area contributed by atoms with Gasteiger partial charge in [-0.3, -0.25) is 0 Å². The minimum Gasteiger partial charge on any atom is -0.479 e. The van der Waals surface area contributed by atoms with Crippen molar-refractivity contribution in [3.8, 4) is 11.4 Å². The van der Waals surface area contributed by atoms with Crippen LogP contribution in [0.2, 0.25) is 0 Å². The van der Waals surface area contributed by atoms with E-state index in [0.29, 0.717) is 5.75 Å². The molecule has 2 rings (SSSR count). The quantitative estimate of drug-likeness (QED) is 0.896. The zero-order chi connectivity index (χ0) is 13.1. The fraction of sp³-hybridized carbons (Fsp3) is 0.231. The average molecular weight is 246 g/mol. The number of hydrogen-bond donors (Lipinski definition) is 1. The number of carboxylic acids is 1. The lowest BCUT2D eigenvalue weighted by atomic mass is 10.3. The van der Waals surface area contributed by atoms with Crippen molar-refractivity contribution in [2.75, 3.05) is 0 Å². The van der Waals surface area contributed by atoms with E-state index in [9.17, 15) is 4.79 Å². The van der Waals surface area contributed by atoms with Crippen LogP contribution in [0, 0.1) is 6.92 Å². The Morgan fingerprint density at radius 3 is 2.83 bits per heavy atom. The molecule has 1 heterocycles. The molecular weight excluding hydrogens is 232 g/mol. The standard InChI is InChI=1S/C13H14N2O3/c1-9-6-7-15(14-9)11-4-3-5-12(8-11)18-10(2)13(16)17/h3-8,10H,1-2H3,(H,16,17)/t10-/m1/s1. The van der Waals surface area contributed by atoms with E-state index in [-0.39, 0.29) is 0 Å². The molecule has 0 aliphatic carbocycles. The summed E-state index contributed by atoms with van der Waals surface area (Å²) in [5.74, 6) is -0.481. The van der Waals surface area contributed by atoms with Gasteiger partial charge in [-0.05, 0) is 32.0 Å². The third kappa shape index (κ3) is 2.68. The maximum absolute atomic E-state index is 10.7. The molecule has 94 valence electrons. The number of aliphatic carboxylic acids is 1. The fourth-order valence-corrected chi connectivity index (χ4v) is 1.51. The van der Waals surface area contributed by atoms with E-state index >= 15 is 0 Å². The number of carboxylic acid groups (broad SMARTS) is 1. The number of benzene rings is 1. The van der Waals surface area contributed by atoms with E-state index in [4.69, 9.17) is 9.84 Å². The van der Waals surface area contributed by atoms with Crippen molar-refractivity contribution >= 4 is 5.97 Å². The molecule has 0 spiro atoms. The molecule has 0 amide bonds. The molecule has 1 aromatic carbocycles. The summed E-state index contributed by atoms with van der Waals surface area (Å²) < 4.78 is 7.02. The SMILES string of the molecule is Cc1ccn(-c2cccc(O[C@H](C)C(=O)O)c2)n1. The first kappa shape index (κ1) is 12.2. The van der Waals surface area contributed by atoms with Crippen LogP contribution < -0.4 is 4.74 Å². The van der Waals surface area contributed by atoms with Crippen molar-refractivity contribution in [1.29, 1.82) is 0 Å². The van der Waals surface area contributed by atoms with Gasteiger partial charge in [-0.15, -0.1) is 0 Å². The zero-order valence-corrected chi connectivity index (χ0v) is 10.2. The lowest BCUT2D eigenvalue weighted by Gasteiger charge is -2.11. The molecule has 0 aliphatic heterocycles. The Hall–Kier alpha value is -2.30. The van der Waals surface area contributed by atoms with Gasteiger partial charge in [-0.1, -0.05) is 6.07 Å². The van der Waals surface area contributed by atoms with Gasteiger partial charge < -0.3 is 9.84 Å². The van der Waals surface area contributed by atoms with Crippen molar-refractivity contribution in [3.05, 3.63) is 42.2 Å². The largest absolute Gasteiger partial charge is 0.479 e. The van der Waals surface area contributed by atoms with E-state index in [2.05, 4.69) is 5.10 Å². The maximum atomic E-state index is 10.7. The lowest BCUT2D eigenvalue weighted by Crippen LogP contribution is -2.22. The van der Waals surface area contributed by atoms with E-state index in [0.717, 1.165) is 11.4 Å². The Kier molecular flexibility index (Phi) is 3.32. The van der Waals surface area contributed by atoms with Gasteiger partial charge in [-0.25, -0.2) is 9.48 Å². The van der Waals surface area contributed by atoms with E-state index in [1.165, 1.54) is 6.92 Å². The second kappa shape index (κ2) is 4.91. The van der Waals surface area contributed by atoms with Crippen LogP contribution in [0.4, 0.5) is 0 Å². The first-order chi connectivity index (χ1) is 8.56. The molecule has 0 saturated carbocycles. The fourth-order valence-electron chi connectivity index (χ4n) is 1.51. The smallest absolute Gasteiger partial charge is 0.344 e. The number of carbonyl (C=O) groups is 1. The topological polar surface area (TPSA) is 64.3 Å². The summed E-state index contributed by atoms with van der Waals surface area (Å²) in [6, 6.07) is 9.06. The molecule has 2 aromatic rings. The van der Waals surface area contributed by atoms with Gasteiger partial charge in [0.2, 0.25) is 0 Å². The summed E-state index contributed by atoms with van der Waals surface area (Å²) in [4.78, 5) is 10.7. The van der Waals surface area contributed by atoms with Crippen LogP contribution >= 0.6 is 0 Å². The Labute approximate surface area is 105 Å². The number of hydrogen-bond acceptors (Lipinski definition) is 3. The summed E-state index contributed by atoms with van der Waals surface area (Å²) in [5, 5.41) is 13.1. The second-order valence-electron chi connectivity index (χ2n) is 4.00. The Balaban J connectivity index is 2.22. The third-order valence-corrected chi connectivity index (χ3v) is 2.47. The predicted octanol–water partition coefficient (Wildman–Crippen LogP) is 2.03. The number of aromatic nitrogens is 2. The molecule has 5 heteroatoms. The van der Waals surface area contributed by atoms with Gasteiger partial charge in [0.05, 0.1) is 11.4 Å². The van der Waals surface area contributed by atoms with Gasteiger partial charge in [0, 0.05) is 12.3 Å². The Morgan fingerprint density at radius 1 is 1.44 bits per heavy atom. The third-order valence-electron chi connectivity index (χ3n) is 2.47. The first-order valence-corrected chi connectivity index (χ1v) is 5.58. The predicted molar refractivity (Wildman–Crippen MR) is 66.0 cm³/mol. The number of rotatable bonds is 4. The minimum absolute atomic E-state index is 0.510. The number of nitrogens with zero attached hydrogens (tertiary/aromatic N) is 2. The first-order valence-electron chi connectivity index (χ1n) is 5.58. The highest BCUT2D eigenvalue weighted by molar-refractivity contribution is 5.72. The zero-order valence-electron chi connectivity index (χ0n) is 10.2. The normalized spacial score (nSPS) is 12.1. The van der Waals surface area contributed by atoms with Crippen molar-refractivity contribution in [1.82, 2.24) is 9.78 Å². The highest BCUT2D eigenvalue weighted by Gasteiger charge is 2.12. The van der Waals surface area contributed by atoms with Crippen LogP contribution in [0.25, 0.3) is 5.69 Å². The van der Waals surface area contributed by atoms with Gasteiger partial charge in [-0.2, -0.15) is 5.10 Å². The van der Waals surface area contributed by atoms with Crippen LogP contribution in [0.3, 0.4) is 0 Å². The minimum atomic E-state index is -0.990. The van der Waals surface area contributed by atoms with Gasteiger partial charge in [0.25, 0.3) is 0 Å². The highest BCUT2D eigenvalue weighted by atomic mass is 16.5. The molecule has 1 N–H and O–H groups in total. The van der Waals surface area contributed by atoms with Gasteiger partial charge >= 0.3 is 5.97 Å². The number of aryl methyl sites for hydroxylation is 1. The molecule has 0 saturated heterocycles. The Bertz CT molecular complexity index is 563. The summed E-state index contributed by atoms with van der Waals surface area (Å²) in [6.45, 7) is 3.40. The summed E-state index contributed by atoms with van der Waals surface area (Å²) in [5.41, 5.74) is 1.75. The van der Waals surface area contributed by atoms with Gasteiger partial charge in [0.15, 0.2) is 6.10 Å². The molecule has 1 atom stereocenters. The molecule has 0 bridgehead atoms. The molecule has 0 unspecified atom stereocenters. The molecule has 18 heavy (non-hydrogen) atoms. The van der Waals surface area contributed by atoms with Crippen LogP contribution in [0.1, 0.15) is 12.6 Å². The maximum Gasteiger partial charge on any atom is 0.344 e. The lowest BCUT2D eigenvalue weighted by molar-refractivity contribution is -0.144. The van der Waals surface area contributed by atoms with Crippen molar-refractivity contribution in [2.45, 2.75) is 20.0 Å². The van der Waals surface area contributed by atoms with E-state index in [1.807, 2.05) is 25.3 Å².